The molecule has 9 heteroatoms. The Labute approximate surface area is 181 Å². The number of aromatic nitrogens is 3. The van der Waals surface area contributed by atoms with Crippen LogP contribution in [-0.4, -0.2) is 26.8 Å². The van der Waals surface area contributed by atoms with Gasteiger partial charge in [-0.1, -0.05) is 29.4 Å². The molecule has 0 aliphatic rings. The van der Waals surface area contributed by atoms with Crippen molar-refractivity contribution in [3.05, 3.63) is 65.6 Å². The third-order valence-electron chi connectivity index (χ3n) is 4.28. The molecule has 0 aliphatic carbocycles. The second-order valence-electron chi connectivity index (χ2n) is 6.31. The third-order valence-corrected chi connectivity index (χ3v) is 5.53. The van der Waals surface area contributed by atoms with Crippen molar-refractivity contribution in [1.29, 1.82) is 0 Å². The van der Waals surface area contributed by atoms with Gasteiger partial charge in [0.25, 0.3) is 0 Å². The van der Waals surface area contributed by atoms with Gasteiger partial charge in [-0.3, -0.25) is 4.79 Å². The van der Waals surface area contributed by atoms with E-state index in [9.17, 15) is 4.79 Å². The standard InChI is InChI=1S/C21H17ClN4O3S/c1-13-14(22)5-2-6-15(13)23-18(27)9-12-30-21-24-19(16-7-3-10-28-16)20(25-26-21)17-8-4-11-29-17/h2-8,10-11H,9,12H2,1H3,(H,23,27). The van der Waals surface area contributed by atoms with Gasteiger partial charge < -0.3 is 14.2 Å². The van der Waals surface area contributed by atoms with Crippen LogP contribution in [0.1, 0.15) is 12.0 Å². The van der Waals surface area contributed by atoms with Crippen LogP contribution in [0.25, 0.3) is 22.9 Å². The Morgan fingerprint density at radius 3 is 2.47 bits per heavy atom. The molecule has 0 fully saturated rings. The Morgan fingerprint density at radius 2 is 1.77 bits per heavy atom. The van der Waals surface area contributed by atoms with Gasteiger partial charge in [0.1, 0.15) is 5.69 Å². The summed E-state index contributed by atoms with van der Waals surface area (Å²) in [6, 6.07) is 12.5. The highest BCUT2D eigenvalue weighted by atomic mass is 35.5. The highest BCUT2D eigenvalue weighted by Crippen LogP contribution is 2.30. The van der Waals surface area contributed by atoms with Crippen LogP contribution in [0.3, 0.4) is 0 Å². The number of furan rings is 2. The van der Waals surface area contributed by atoms with Crippen molar-refractivity contribution < 1.29 is 13.6 Å². The third kappa shape index (κ3) is 4.55. The number of amides is 1. The maximum atomic E-state index is 12.3. The summed E-state index contributed by atoms with van der Waals surface area (Å²) in [5, 5.41) is 12.4. The summed E-state index contributed by atoms with van der Waals surface area (Å²) in [6.07, 6.45) is 3.42. The van der Waals surface area contributed by atoms with Crippen LogP contribution in [0.4, 0.5) is 5.69 Å². The van der Waals surface area contributed by atoms with Crippen molar-refractivity contribution >= 4 is 35.0 Å². The van der Waals surface area contributed by atoms with Gasteiger partial charge in [0.15, 0.2) is 17.2 Å². The molecular weight excluding hydrogens is 424 g/mol. The highest BCUT2D eigenvalue weighted by molar-refractivity contribution is 7.99. The monoisotopic (exact) mass is 440 g/mol. The van der Waals surface area contributed by atoms with Gasteiger partial charge in [0.05, 0.1) is 12.5 Å². The maximum Gasteiger partial charge on any atom is 0.225 e. The first-order chi connectivity index (χ1) is 14.6. The van der Waals surface area contributed by atoms with E-state index in [1.807, 2.05) is 13.0 Å². The Morgan fingerprint density at radius 1 is 1.03 bits per heavy atom. The minimum atomic E-state index is -0.112. The van der Waals surface area contributed by atoms with Gasteiger partial charge in [0.2, 0.25) is 11.1 Å². The number of nitrogens with one attached hydrogen (secondary N) is 1. The van der Waals surface area contributed by atoms with Crippen LogP contribution in [0.5, 0.6) is 0 Å². The van der Waals surface area contributed by atoms with Gasteiger partial charge in [-0.2, -0.15) is 0 Å². The molecule has 0 aliphatic heterocycles. The molecule has 1 aromatic carbocycles. The lowest BCUT2D eigenvalue weighted by atomic mass is 10.2. The van der Waals surface area contributed by atoms with Crippen LogP contribution in [0.15, 0.2) is 69.0 Å². The molecule has 1 amide bonds. The average molecular weight is 441 g/mol. The summed E-state index contributed by atoms with van der Waals surface area (Å²) in [6.45, 7) is 1.86. The summed E-state index contributed by atoms with van der Waals surface area (Å²) in [5.74, 6) is 1.49. The molecule has 0 atom stereocenters. The van der Waals surface area contributed by atoms with E-state index in [-0.39, 0.29) is 12.3 Å². The number of hydrogen-bond acceptors (Lipinski definition) is 7. The van der Waals surface area contributed by atoms with Crippen molar-refractivity contribution in [2.45, 2.75) is 18.5 Å². The number of halogens is 1. The van der Waals surface area contributed by atoms with E-state index in [1.54, 1.807) is 48.9 Å². The van der Waals surface area contributed by atoms with E-state index in [4.69, 9.17) is 20.4 Å². The Bertz CT molecular complexity index is 1150. The first-order valence-electron chi connectivity index (χ1n) is 9.12. The molecule has 0 bridgehead atoms. The van der Waals surface area contributed by atoms with Crippen LogP contribution in [0, 0.1) is 6.92 Å². The van der Waals surface area contributed by atoms with Gasteiger partial charge in [-0.05, 0) is 48.9 Å². The zero-order chi connectivity index (χ0) is 20.9. The second-order valence-corrected chi connectivity index (χ2v) is 7.77. The largest absolute Gasteiger partial charge is 0.463 e. The van der Waals surface area contributed by atoms with Crippen molar-refractivity contribution in [2.24, 2.45) is 0 Å². The predicted octanol–water partition coefficient (Wildman–Crippen LogP) is 5.47. The normalized spacial score (nSPS) is 10.9. The molecular formula is C21H17ClN4O3S. The molecule has 0 saturated carbocycles. The van der Waals surface area contributed by atoms with E-state index >= 15 is 0 Å². The van der Waals surface area contributed by atoms with Crippen molar-refractivity contribution in [3.8, 4) is 22.9 Å². The first kappa shape index (κ1) is 20.2. The molecule has 3 aromatic heterocycles. The van der Waals surface area contributed by atoms with E-state index in [1.165, 1.54) is 11.8 Å². The fourth-order valence-electron chi connectivity index (χ4n) is 2.73. The van der Waals surface area contributed by atoms with Crippen LogP contribution >= 0.6 is 23.4 Å². The van der Waals surface area contributed by atoms with Gasteiger partial charge in [0, 0.05) is 22.9 Å². The minimum Gasteiger partial charge on any atom is -0.463 e. The highest BCUT2D eigenvalue weighted by Gasteiger charge is 2.18. The van der Waals surface area contributed by atoms with Crippen molar-refractivity contribution in [2.75, 3.05) is 11.1 Å². The van der Waals surface area contributed by atoms with Crippen LogP contribution in [-0.2, 0) is 4.79 Å². The van der Waals surface area contributed by atoms with E-state index < -0.39 is 0 Å². The molecule has 152 valence electrons. The molecule has 0 unspecified atom stereocenters. The molecule has 3 heterocycles. The lowest BCUT2D eigenvalue weighted by Crippen LogP contribution is -2.13. The number of carbonyl (C=O) groups excluding carboxylic acids is 1. The number of rotatable bonds is 7. The predicted molar refractivity (Wildman–Crippen MR) is 115 cm³/mol. The molecule has 30 heavy (non-hydrogen) atoms. The zero-order valence-electron chi connectivity index (χ0n) is 16.0. The lowest BCUT2D eigenvalue weighted by Gasteiger charge is -2.09. The molecule has 4 rings (SSSR count). The SMILES string of the molecule is Cc1c(Cl)cccc1NC(=O)CCSc1nnc(-c2ccco2)c(-c2ccco2)n1. The maximum absolute atomic E-state index is 12.3. The Balaban J connectivity index is 1.43. The van der Waals surface area contributed by atoms with E-state index in [2.05, 4.69) is 20.5 Å². The fourth-order valence-corrected chi connectivity index (χ4v) is 3.63. The number of hydrogen-bond donors (Lipinski definition) is 1. The summed E-state index contributed by atoms with van der Waals surface area (Å²) >= 11 is 7.44. The molecule has 1 N–H and O–H groups in total. The van der Waals surface area contributed by atoms with E-state index in [0.29, 0.717) is 44.5 Å². The molecule has 0 saturated heterocycles. The quantitative estimate of drug-likeness (QED) is 0.380. The van der Waals surface area contributed by atoms with Gasteiger partial charge >= 0.3 is 0 Å². The lowest BCUT2D eigenvalue weighted by molar-refractivity contribution is -0.115. The minimum absolute atomic E-state index is 0.112. The zero-order valence-corrected chi connectivity index (χ0v) is 17.5. The van der Waals surface area contributed by atoms with Crippen LogP contribution in [0.2, 0.25) is 5.02 Å². The molecule has 0 spiro atoms. The van der Waals surface area contributed by atoms with Crippen molar-refractivity contribution in [3.63, 3.8) is 0 Å². The number of benzene rings is 1. The van der Waals surface area contributed by atoms with Gasteiger partial charge in [-0.25, -0.2) is 4.98 Å². The summed E-state index contributed by atoms with van der Waals surface area (Å²) < 4.78 is 10.9. The average Bonchev–Trinajstić information content (AvgIpc) is 3.45. The smallest absolute Gasteiger partial charge is 0.225 e. The van der Waals surface area contributed by atoms with Crippen molar-refractivity contribution in [1.82, 2.24) is 15.2 Å². The second kappa shape index (κ2) is 9.15. The Hall–Kier alpha value is -3.10. The summed E-state index contributed by atoms with van der Waals surface area (Å²) in [4.78, 5) is 16.8. The topological polar surface area (TPSA) is 94.1 Å². The number of carbonyl (C=O) groups is 1. The number of anilines is 1. The number of thioether (sulfide) groups is 1. The van der Waals surface area contributed by atoms with Crippen LogP contribution < -0.4 is 5.32 Å². The van der Waals surface area contributed by atoms with E-state index in [0.717, 1.165) is 5.56 Å². The molecule has 0 radical (unpaired) electrons. The Kier molecular flexibility index (Phi) is 6.15. The fraction of sp³-hybridized carbons (Fsp3) is 0.143. The number of nitrogens with zero attached hydrogens (tertiary/aromatic N) is 3. The summed E-state index contributed by atoms with van der Waals surface area (Å²) in [7, 11) is 0. The molecule has 7 nitrogen and oxygen atoms in total. The summed E-state index contributed by atoms with van der Waals surface area (Å²) in [5.41, 5.74) is 2.57. The first-order valence-corrected chi connectivity index (χ1v) is 10.5. The molecule has 4 aromatic rings. The van der Waals surface area contributed by atoms with Gasteiger partial charge in [-0.15, -0.1) is 10.2 Å².